The van der Waals surface area contributed by atoms with E-state index in [4.69, 9.17) is 10.8 Å². The standard InChI is InChI=1S/C13H11FN2O4S/c1-7-2-3-11(9(14)4-7)21(19,20)8-5-10(15)12(13(17)18)16-6-8/h2-6H,15H2,1H3,(H,17,18). The first kappa shape index (κ1) is 14.9. The lowest BCUT2D eigenvalue weighted by molar-refractivity contribution is 0.0691. The summed E-state index contributed by atoms with van der Waals surface area (Å²) in [4.78, 5) is 13.4. The van der Waals surface area contributed by atoms with Crippen LogP contribution in [-0.4, -0.2) is 24.5 Å². The van der Waals surface area contributed by atoms with E-state index in [-0.39, 0.29) is 10.6 Å². The summed E-state index contributed by atoms with van der Waals surface area (Å²) in [5.74, 6) is -2.27. The Hall–Kier alpha value is -2.48. The number of carboxylic acid groups (broad SMARTS) is 1. The van der Waals surface area contributed by atoms with Crippen LogP contribution in [0.25, 0.3) is 0 Å². The van der Waals surface area contributed by atoms with Crippen molar-refractivity contribution in [3.8, 4) is 0 Å². The second kappa shape index (κ2) is 5.13. The molecule has 110 valence electrons. The van der Waals surface area contributed by atoms with Gasteiger partial charge >= 0.3 is 5.97 Å². The van der Waals surface area contributed by atoms with E-state index in [1.54, 1.807) is 6.92 Å². The molecule has 6 nitrogen and oxygen atoms in total. The number of nitrogen functional groups attached to an aromatic ring is 1. The Labute approximate surface area is 120 Å². The minimum absolute atomic E-state index is 0.309. The van der Waals surface area contributed by atoms with Gasteiger partial charge in [-0.15, -0.1) is 0 Å². The average molecular weight is 310 g/mol. The van der Waals surface area contributed by atoms with Crippen molar-refractivity contribution >= 4 is 21.5 Å². The highest BCUT2D eigenvalue weighted by Crippen LogP contribution is 2.25. The van der Waals surface area contributed by atoms with E-state index in [9.17, 15) is 17.6 Å². The summed E-state index contributed by atoms with van der Waals surface area (Å²) < 4.78 is 38.4. The summed E-state index contributed by atoms with van der Waals surface area (Å²) in [6.45, 7) is 1.63. The Balaban J connectivity index is 2.59. The Bertz CT molecular complexity index is 834. The number of sulfone groups is 1. The number of halogens is 1. The number of carbonyl (C=O) groups is 1. The maximum absolute atomic E-state index is 13.8. The van der Waals surface area contributed by atoms with E-state index in [1.165, 1.54) is 6.07 Å². The van der Waals surface area contributed by atoms with Gasteiger partial charge in [0.1, 0.15) is 10.7 Å². The SMILES string of the molecule is Cc1ccc(S(=O)(=O)c2cnc(C(=O)O)c(N)c2)c(F)c1. The van der Waals surface area contributed by atoms with Crippen LogP contribution in [0.3, 0.4) is 0 Å². The number of rotatable bonds is 3. The smallest absolute Gasteiger partial charge is 0.356 e. The molecule has 0 radical (unpaired) electrons. The first-order chi connectivity index (χ1) is 9.73. The third-order valence-electron chi connectivity index (χ3n) is 2.78. The number of aromatic nitrogens is 1. The lowest BCUT2D eigenvalue weighted by atomic mass is 10.2. The van der Waals surface area contributed by atoms with Crippen LogP contribution in [0.15, 0.2) is 40.3 Å². The second-order valence-electron chi connectivity index (χ2n) is 4.35. The fraction of sp³-hybridized carbons (Fsp3) is 0.0769. The van der Waals surface area contributed by atoms with Gasteiger partial charge in [-0.05, 0) is 30.7 Å². The zero-order chi connectivity index (χ0) is 15.8. The molecule has 3 N–H and O–H groups in total. The molecule has 1 aromatic heterocycles. The van der Waals surface area contributed by atoms with Crippen molar-refractivity contribution in [2.24, 2.45) is 0 Å². The van der Waals surface area contributed by atoms with Crippen molar-refractivity contribution in [3.05, 3.63) is 47.5 Å². The van der Waals surface area contributed by atoms with Crippen molar-refractivity contribution < 1.29 is 22.7 Å². The topological polar surface area (TPSA) is 110 Å². The monoisotopic (exact) mass is 310 g/mol. The van der Waals surface area contributed by atoms with E-state index in [0.717, 1.165) is 24.4 Å². The molecular weight excluding hydrogens is 299 g/mol. The highest BCUT2D eigenvalue weighted by molar-refractivity contribution is 7.91. The molecule has 0 atom stereocenters. The van der Waals surface area contributed by atoms with Gasteiger partial charge in [-0.3, -0.25) is 0 Å². The fourth-order valence-electron chi connectivity index (χ4n) is 1.74. The number of benzene rings is 1. The number of nitrogens with two attached hydrogens (primary N) is 1. The lowest BCUT2D eigenvalue weighted by Crippen LogP contribution is -2.10. The van der Waals surface area contributed by atoms with Gasteiger partial charge in [0, 0.05) is 6.20 Å². The van der Waals surface area contributed by atoms with Gasteiger partial charge in [-0.2, -0.15) is 0 Å². The molecule has 2 aromatic rings. The van der Waals surface area contributed by atoms with Crippen molar-refractivity contribution in [3.63, 3.8) is 0 Å². The fourth-order valence-corrected chi connectivity index (χ4v) is 3.03. The van der Waals surface area contributed by atoms with Gasteiger partial charge < -0.3 is 10.8 Å². The maximum atomic E-state index is 13.8. The number of aryl methyl sites for hydroxylation is 1. The number of pyridine rings is 1. The number of hydrogen-bond acceptors (Lipinski definition) is 5. The molecule has 2 rings (SSSR count). The van der Waals surface area contributed by atoms with Gasteiger partial charge in [-0.1, -0.05) is 6.07 Å². The van der Waals surface area contributed by atoms with Gasteiger partial charge in [0.25, 0.3) is 0 Å². The van der Waals surface area contributed by atoms with Crippen LogP contribution < -0.4 is 5.73 Å². The van der Waals surface area contributed by atoms with Crippen LogP contribution >= 0.6 is 0 Å². The highest BCUT2D eigenvalue weighted by atomic mass is 32.2. The van der Waals surface area contributed by atoms with E-state index in [1.807, 2.05) is 0 Å². The number of aromatic carboxylic acids is 1. The summed E-state index contributed by atoms with van der Waals surface area (Å²) in [5.41, 5.74) is 5.26. The van der Waals surface area contributed by atoms with E-state index < -0.39 is 32.2 Å². The summed E-state index contributed by atoms with van der Waals surface area (Å²) in [6, 6.07) is 4.64. The molecule has 0 unspecified atom stereocenters. The molecule has 0 saturated heterocycles. The molecule has 8 heteroatoms. The van der Waals surface area contributed by atoms with Crippen LogP contribution in [-0.2, 0) is 9.84 Å². The Morgan fingerprint density at radius 3 is 2.52 bits per heavy atom. The van der Waals surface area contributed by atoms with E-state index >= 15 is 0 Å². The van der Waals surface area contributed by atoms with Gasteiger partial charge in [0.05, 0.1) is 10.6 Å². The molecule has 1 aromatic carbocycles. The molecule has 0 aliphatic heterocycles. The number of carboxylic acids is 1. The Morgan fingerprint density at radius 2 is 2.00 bits per heavy atom. The molecule has 0 aliphatic carbocycles. The van der Waals surface area contributed by atoms with E-state index in [0.29, 0.717) is 5.56 Å². The predicted octanol–water partition coefficient (Wildman–Crippen LogP) is 1.64. The average Bonchev–Trinajstić information content (AvgIpc) is 2.37. The van der Waals surface area contributed by atoms with Crippen LogP contribution in [0.5, 0.6) is 0 Å². The van der Waals surface area contributed by atoms with Crippen LogP contribution in [0.1, 0.15) is 16.1 Å². The third-order valence-corrected chi connectivity index (χ3v) is 4.54. The molecule has 0 bridgehead atoms. The molecular formula is C13H11FN2O4S. The lowest BCUT2D eigenvalue weighted by Gasteiger charge is -2.08. The summed E-state index contributed by atoms with van der Waals surface area (Å²) >= 11 is 0. The molecule has 0 saturated carbocycles. The quantitative estimate of drug-likeness (QED) is 0.891. The minimum Gasteiger partial charge on any atom is -0.476 e. The number of nitrogens with zero attached hydrogens (tertiary/aromatic N) is 1. The zero-order valence-corrected chi connectivity index (χ0v) is 11.7. The predicted molar refractivity (Wildman–Crippen MR) is 72.2 cm³/mol. The summed E-state index contributed by atoms with van der Waals surface area (Å²) in [7, 11) is -4.16. The number of anilines is 1. The van der Waals surface area contributed by atoms with Crippen molar-refractivity contribution in [2.45, 2.75) is 16.7 Å². The molecule has 0 spiro atoms. The summed E-state index contributed by atoms with van der Waals surface area (Å²) in [5, 5.41) is 8.80. The van der Waals surface area contributed by atoms with Crippen LogP contribution in [0, 0.1) is 12.7 Å². The van der Waals surface area contributed by atoms with Gasteiger partial charge in [-0.25, -0.2) is 22.6 Å². The van der Waals surface area contributed by atoms with Gasteiger partial charge in [0.2, 0.25) is 9.84 Å². The Morgan fingerprint density at radius 1 is 1.33 bits per heavy atom. The van der Waals surface area contributed by atoms with Crippen molar-refractivity contribution in [1.29, 1.82) is 0 Å². The van der Waals surface area contributed by atoms with Crippen LogP contribution in [0.2, 0.25) is 0 Å². The zero-order valence-electron chi connectivity index (χ0n) is 10.9. The normalized spacial score (nSPS) is 11.3. The first-order valence-corrected chi connectivity index (χ1v) is 7.22. The first-order valence-electron chi connectivity index (χ1n) is 5.73. The minimum atomic E-state index is -4.16. The van der Waals surface area contributed by atoms with Crippen molar-refractivity contribution in [2.75, 3.05) is 5.73 Å². The van der Waals surface area contributed by atoms with Crippen LogP contribution in [0.4, 0.5) is 10.1 Å². The molecule has 0 fully saturated rings. The summed E-state index contributed by atoms with van der Waals surface area (Å²) in [6.07, 6.45) is 0.842. The third kappa shape index (κ3) is 2.70. The Kier molecular flexibility index (Phi) is 3.65. The second-order valence-corrected chi connectivity index (χ2v) is 6.27. The van der Waals surface area contributed by atoms with E-state index in [2.05, 4.69) is 4.98 Å². The largest absolute Gasteiger partial charge is 0.476 e. The molecule has 0 amide bonds. The molecule has 0 aliphatic rings. The molecule has 21 heavy (non-hydrogen) atoms. The maximum Gasteiger partial charge on any atom is 0.356 e. The van der Waals surface area contributed by atoms with Crippen molar-refractivity contribution in [1.82, 2.24) is 4.98 Å². The van der Waals surface area contributed by atoms with Gasteiger partial charge in [0.15, 0.2) is 5.69 Å². The molecule has 1 heterocycles. The highest BCUT2D eigenvalue weighted by Gasteiger charge is 2.24. The number of hydrogen-bond donors (Lipinski definition) is 2.